The van der Waals surface area contributed by atoms with Crippen LogP contribution in [0, 0.1) is 0 Å². The van der Waals surface area contributed by atoms with Crippen LogP contribution in [0.5, 0.6) is 5.88 Å². The minimum atomic E-state index is -0.840. The van der Waals surface area contributed by atoms with Gasteiger partial charge >= 0.3 is 6.09 Å². The average molecular weight is 275 g/mol. The van der Waals surface area contributed by atoms with Crippen LogP contribution in [-0.2, 0) is 0 Å². The first-order valence-electron chi connectivity index (χ1n) is 6.95. The largest absolute Gasteiger partial charge is 0.411 e. The van der Waals surface area contributed by atoms with Crippen molar-refractivity contribution in [3.05, 3.63) is 29.5 Å². The van der Waals surface area contributed by atoms with Crippen LogP contribution in [-0.4, -0.2) is 35.6 Å². The van der Waals surface area contributed by atoms with Crippen molar-refractivity contribution in [1.82, 2.24) is 9.88 Å². The number of aromatic nitrogens is 1. The predicted octanol–water partition coefficient (Wildman–Crippen LogP) is 2.43. The summed E-state index contributed by atoms with van der Waals surface area (Å²) < 4.78 is 4.73. The first kappa shape index (κ1) is 14.5. The lowest BCUT2D eigenvalue weighted by Crippen LogP contribution is -2.30. The Morgan fingerprint density at radius 2 is 2.10 bits per heavy atom. The Morgan fingerprint density at radius 1 is 1.40 bits per heavy atom. The van der Waals surface area contributed by atoms with Gasteiger partial charge in [0, 0.05) is 25.4 Å². The molecule has 2 N–H and O–H groups in total. The van der Waals surface area contributed by atoms with Gasteiger partial charge in [0.05, 0.1) is 0 Å². The highest BCUT2D eigenvalue weighted by molar-refractivity contribution is 5.69. The number of nitrogens with zero attached hydrogens (tertiary/aromatic N) is 2. The molecule has 1 amide bonds. The quantitative estimate of drug-likeness (QED) is 0.920. The van der Waals surface area contributed by atoms with Gasteiger partial charge in [0.15, 0.2) is 0 Å². The number of carbonyl (C=O) groups is 1. The summed E-state index contributed by atoms with van der Waals surface area (Å²) >= 11 is 0. The molecule has 1 aliphatic heterocycles. The van der Waals surface area contributed by atoms with E-state index in [0.717, 1.165) is 38.0 Å². The topological polar surface area (TPSA) is 68.5 Å². The van der Waals surface area contributed by atoms with E-state index >= 15 is 0 Å². The van der Waals surface area contributed by atoms with Crippen molar-refractivity contribution in [3.63, 3.8) is 0 Å². The Morgan fingerprint density at radius 3 is 2.60 bits per heavy atom. The molecule has 108 valence electrons. The fraction of sp³-hybridized carbons (Fsp3) is 0.467. The number of carbonyl (C=O) groups excluding carboxylic acids is 1. The fourth-order valence-electron chi connectivity index (χ4n) is 2.48. The zero-order valence-electron chi connectivity index (χ0n) is 12.1. The van der Waals surface area contributed by atoms with Gasteiger partial charge in [-0.25, -0.2) is 9.78 Å². The predicted molar refractivity (Wildman–Crippen MR) is 78.4 cm³/mol. The third kappa shape index (κ3) is 3.57. The van der Waals surface area contributed by atoms with E-state index in [9.17, 15) is 4.79 Å². The number of hydrogen-bond acceptors (Lipinski definition) is 4. The summed E-state index contributed by atoms with van der Waals surface area (Å²) in [6.07, 6.45) is 3.11. The molecule has 2 rings (SSSR count). The number of piperidine rings is 1. The molecule has 1 aromatic rings. The number of amides is 1. The molecular weight excluding hydrogens is 254 g/mol. The highest BCUT2D eigenvalue weighted by atomic mass is 16.6. The SMILES string of the molecule is CCN1CCC(=C(C)c2ccc(OC(N)=O)nc2)CC1. The molecule has 1 aromatic heterocycles. The number of likely N-dealkylation sites (tertiary alicyclic amines) is 1. The summed E-state index contributed by atoms with van der Waals surface area (Å²) in [6.45, 7) is 7.69. The first-order valence-corrected chi connectivity index (χ1v) is 6.95. The zero-order valence-corrected chi connectivity index (χ0v) is 12.1. The average Bonchev–Trinajstić information content (AvgIpc) is 2.47. The van der Waals surface area contributed by atoms with Crippen LogP contribution in [0.1, 0.15) is 32.3 Å². The maximum Gasteiger partial charge on any atom is 0.411 e. The molecule has 1 aliphatic rings. The van der Waals surface area contributed by atoms with Gasteiger partial charge in [-0.1, -0.05) is 12.5 Å². The van der Waals surface area contributed by atoms with Crippen LogP contribution < -0.4 is 10.5 Å². The van der Waals surface area contributed by atoms with E-state index in [4.69, 9.17) is 10.5 Å². The van der Waals surface area contributed by atoms with Crippen LogP contribution in [0.25, 0.3) is 5.57 Å². The molecule has 1 saturated heterocycles. The lowest BCUT2D eigenvalue weighted by atomic mass is 9.95. The van der Waals surface area contributed by atoms with Gasteiger partial charge in [0.25, 0.3) is 0 Å². The van der Waals surface area contributed by atoms with E-state index in [2.05, 4.69) is 23.7 Å². The summed E-state index contributed by atoms with van der Waals surface area (Å²) in [5.41, 5.74) is 8.78. The van der Waals surface area contributed by atoms with Crippen molar-refractivity contribution in [2.75, 3.05) is 19.6 Å². The van der Waals surface area contributed by atoms with Crippen LogP contribution in [0.15, 0.2) is 23.9 Å². The number of allylic oxidation sites excluding steroid dienone is 1. The number of ether oxygens (including phenoxy) is 1. The summed E-state index contributed by atoms with van der Waals surface area (Å²) in [4.78, 5) is 17.2. The molecule has 0 aromatic carbocycles. The number of nitrogens with two attached hydrogens (primary N) is 1. The molecule has 5 heteroatoms. The summed E-state index contributed by atoms with van der Waals surface area (Å²) in [5.74, 6) is 0.236. The highest BCUT2D eigenvalue weighted by Crippen LogP contribution is 2.26. The third-order valence-corrected chi connectivity index (χ3v) is 3.81. The number of hydrogen-bond donors (Lipinski definition) is 1. The smallest absolute Gasteiger partial charge is 0.391 e. The minimum absolute atomic E-state index is 0.236. The van der Waals surface area contributed by atoms with Crippen LogP contribution in [0.3, 0.4) is 0 Å². The van der Waals surface area contributed by atoms with E-state index in [1.807, 2.05) is 6.07 Å². The number of rotatable bonds is 3. The molecule has 0 atom stereocenters. The van der Waals surface area contributed by atoms with Crippen molar-refractivity contribution < 1.29 is 9.53 Å². The van der Waals surface area contributed by atoms with Crippen molar-refractivity contribution in [3.8, 4) is 5.88 Å². The van der Waals surface area contributed by atoms with Gasteiger partial charge < -0.3 is 15.4 Å². The molecule has 0 unspecified atom stereocenters. The van der Waals surface area contributed by atoms with Gasteiger partial charge in [-0.2, -0.15) is 0 Å². The summed E-state index contributed by atoms with van der Waals surface area (Å²) in [7, 11) is 0. The molecular formula is C15H21N3O2. The second-order valence-corrected chi connectivity index (χ2v) is 4.97. The Kier molecular flexibility index (Phi) is 4.74. The van der Waals surface area contributed by atoms with Crippen molar-refractivity contribution in [2.24, 2.45) is 5.73 Å². The van der Waals surface area contributed by atoms with E-state index in [0.29, 0.717) is 0 Å². The number of pyridine rings is 1. The molecule has 1 fully saturated rings. The molecule has 2 heterocycles. The van der Waals surface area contributed by atoms with Crippen molar-refractivity contribution in [1.29, 1.82) is 0 Å². The molecule has 0 bridgehead atoms. The van der Waals surface area contributed by atoms with Crippen LogP contribution >= 0.6 is 0 Å². The summed E-state index contributed by atoms with van der Waals surface area (Å²) in [5, 5.41) is 0. The second-order valence-electron chi connectivity index (χ2n) is 4.97. The van der Waals surface area contributed by atoms with Gasteiger partial charge in [-0.15, -0.1) is 0 Å². The maximum atomic E-state index is 10.6. The van der Waals surface area contributed by atoms with Crippen molar-refractivity contribution >= 4 is 11.7 Å². The molecule has 0 aliphatic carbocycles. The normalized spacial score (nSPS) is 16.0. The lowest BCUT2D eigenvalue weighted by molar-refractivity contribution is 0.209. The van der Waals surface area contributed by atoms with Gasteiger partial charge in [-0.3, -0.25) is 0 Å². The third-order valence-electron chi connectivity index (χ3n) is 3.81. The first-order chi connectivity index (χ1) is 9.60. The van der Waals surface area contributed by atoms with Gasteiger partial charge in [-0.05, 0) is 43.5 Å². The molecule has 0 spiro atoms. The maximum absolute atomic E-state index is 10.6. The molecule has 20 heavy (non-hydrogen) atoms. The van der Waals surface area contributed by atoms with Gasteiger partial charge in [0.1, 0.15) is 0 Å². The van der Waals surface area contributed by atoms with E-state index in [-0.39, 0.29) is 5.88 Å². The highest BCUT2D eigenvalue weighted by Gasteiger charge is 2.15. The van der Waals surface area contributed by atoms with E-state index < -0.39 is 6.09 Å². The molecule has 5 nitrogen and oxygen atoms in total. The van der Waals surface area contributed by atoms with Crippen LogP contribution in [0.2, 0.25) is 0 Å². The standard InChI is InChI=1S/C15H21N3O2/c1-3-18-8-6-12(7-9-18)11(2)13-4-5-14(17-10-13)20-15(16)19/h4-5,10H,3,6-9H2,1-2H3,(H2,16,19). The Bertz CT molecular complexity index is 498. The molecule has 0 radical (unpaired) electrons. The van der Waals surface area contributed by atoms with E-state index in [1.54, 1.807) is 12.3 Å². The van der Waals surface area contributed by atoms with E-state index in [1.165, 1.54) is 11.1 Å². The monoisotopic (exact) mass is 275 g/mol. The van der Waals surface area contributed by atoms with Crippen LogP contribution in [0.4, 0.5) is 4.79 Å². The second kappa shape index (κ2) is 6.52. The Hall–Kier alpha value is -1.88. The Balaban J connectivity index is 2.09. The summed E-state index contributed by atoms with van der Waals surface area (Å²) in [6, 6.07) is 3.59. The zero-order chi connectivity index (χ0) is 14.5. The Labute approximate surface area is 119 Å². The lowest BCUT2D eigenvalue weighted by Gasteiger charge is -2.28. The molecule has 0 saturated carbocycles. The minimum Gasteiger partial charge on any atom is -0.391 e. The fourth-order valence-corrected chi connectivity index (χ4v) is 2.48. The van der Waals surface area contributed by atoms with Gasteiger partial charge in [0.2, 0.25) is 5.88 Å². The number of primary amides is 1. The van der Waals surface area contributed by atoms with Crippen molar-refractivity contribution in [2.45, 2.75) is 26.7 Å².